The lowest BCUT2D eigenvalue weighted by Gasteiger charge is -2.27. The van der Waals surface area contributed by atoms with Crippen molar-refractivity contribution in [2.45, 2.75) is 12.8 Å². The average Bonchev–Trinajstić information content (AvgIpc) is 2.89. The summed E-state index contributed by atoms with van der Waals surface area (Å²) in [5.74, 6) is 1.78. The third-order valence-corrected chi connectivity index (χ3v) is 6.26. The van der Waals surface area contributed by atoms with Gasteiger partial charge in [0.1, 0.15) is 11.6 Å². The van der Waals surface area contributed by atoms with E-state index in [0.29, 0.717) is 49.3 Å². The molecule has 0 unspecified atom stereocenters. The van der Waals surface area contributed by atoms with Crippen molar-refractivity contribution >= 4 is 28.7 Å². The lowest BCUT2D eigenvalue weighted by Crippen LogP contribution is -2.43. The number of aryl methyl sites for hydroxylation is 1. The molecular formula is C25H35N7O3. The standard InChI is InChI=1S/C25H35N7O3/c1-4-18(2)27-25(33)30-23-20-16-19(6-5-9-31-10-7-26-8-11-31)22(34-3)17-21(20)28-24(29-23)32-12-14-35-15-13-32/h4,16-17,26H,1-2,5-15H2,3H3,(H2,27,28,29,30,33). The third kappa shape index (κ3) is 6.47. The molecule has 35 heavy (non-hydrogen) atoms. The van der Waals surface area contributed by atoms with Crippen molar-refractivity contribution in [3.8, 4) is 5.75 Å². The molecule has 2 amide bonds. The number of aromatic nitrogens is 2. The van der Waals surface area contributed by atoms with E-state index < -0.39 is 6.03 Å². The highest BCUT2D eigenvalue weighted by molar-refractivity contribution is 6.00. The van der Waals surface area contributed by atoms with Crippen LogP contribution in [0.15, 0.2) is 37.1 Å². The molecule has 10 heteroatoms. The molecular weight excluding hydrogens is 446 g/mol. The predicted molar refractivity (Wildman–Crippen MR) is 138 cm³/mol. The van der Waals surface area contributed by atoms with Crippen molar-refractivity contribution in [2.24, 2.45) is 0 Å². The summed E-state index contributed by atoms with van der Waals surface area (Å²) in [6.45, 7) is 15.2. The van der Waals surface area contributed by atoms with Crippen molar-refractivity contribution in [3.63, 3.8) is 0 Å². The van der Waals surface area contributed by atoms with Gasteiger partial charge in [0.05, 0.1) is 25.8 Å². The van der Waals surface area contributed by atoms with Gasteiger partial charge in [-0.1, -0.05) is 13.2 Å². The van der Waals surface area contributed by atoms with Crippen molar-refractivity contribution in [3.05, 3.63) is 42.6 Å². The summed E-state index contributed by atoms with van der Waals surface area (Å²) in [5.41, 5.74) is 2.18. The van der Waals surface area contributed by atoms with Gasteiger partial charge in [0.15, 0.2) is 0 Å². The number of carbonyl (C=O) groups is 1. The highest BCUT2D eigenvalue weighted by Crippen LogP contribution is 2.31. The van der Waals surface area contributed by atoms with Gasteiger partial charge in [-0.2, -0.15) is 4.98 Å². The van der Waals surface area contributed by atoms with Crippen LogP contribution < -0.4 is 25.6 Å². The molecule has 3 N–H and O–H groups in total. The second-order valence-electron chi connectivity index (χ2n) is 8.66. The Labute approximate surface area is 206 Å². The SMILES string of the molecule is C=CC(=C)NC(=O)Nc1nc(N2CCOCC2)nc2cc(OC)c(CCCN3CCNCC3)cc12. The molecule has 2 saturated heterocycles. The lowest BCUT2D eigenvalue weighted by molar-refractivity contribution is 0.122. The molecule has 0 saturated carbocycles. The summed E-state index contributed by atoms with van der Waals surface area (Å²) < 4.78 is 11.2. The number of allylic oxidation sites excluding steroid dienone is 1. The molecule has 2 aromatic rings. The smallest absolute Gasteiger partial charge is 0.324 e. The quantitative estimate of drug-likeness (QED) is 0.468. The van der Waals surface area contributed by atoms with Gasteiger partial charge in [0.25, 0.3) is 0 Å². The van der Waals surface area contributed by atoms with Crippen LogP contribution >= 0.6 is 0 Å². The number of carbonyl (C=O) groups excluding carboxylic acids is 1. The van der Waals surface area contributed by atoms with Crippen LogP contribution in [0.25, 0.3) is 10.9 Å². The number of methoxy groups -OCH3 is 1. The molecule has 2 fully saturated rings. The average molecular weight is 482 g/mol. The minimum absolute atomic E-state index is 0.407. The molecule has 0 bridgehead atoms. The first-order valence-corrected chi connectivity index (χ1v) is 12.1. The predicted octanol–water partition coefficient (Wildman–Crippen LogP) is 2.13. The highest BCUT2D eigenvalue weighted by Gasteiger charge is 2.20. The van der Waals surface area contributed by atoms with Gasteiger partial charge in [0.2, 0.25) is 5.95 Å². The minimum atomic E-state index is -0.432. The molecule has 1 aromatic carbocycles. The van der Waals surface area contributed by atoms with E-state index in [-0.39, 0.29) is 0 Å². The van der Waals surface area contributed by atoms with Crippen LogP contribution in [0.5, 0.6) is 5.75 Å². The number of hydrogen-bond donors (Lipinski definition) is 3. The van der Waals surface area contributed by atoms with Gasteiger partial charge >= 0.3 is 6.03 Å². The maximum atomic E-state index is 12.6. The number of anilines is 2. The fraction of sp³-hybridized carbons (Fsp3) is 0.480. The van der Waals surface area contributed by atoms with Crippen LogP contribution in [0.4, 0.5) is 16.6 Å². The number of rotatable bonds is 9. The minimum Gasteiger partial charge on any atom is -0.496 e. The Hall–Kier alpha value is -3.21. The summed E-state index contributed by atoms with van der Waals surface area (Å²) in [6, 6.07) is 3.54. The molecule has 0 atom stereocenters. The summed E-state index contributed by atoms with van der Waals surface area (Å²) >= 11 is 0. The zero-order valence-electron chi connectivity index (χ0n) is 20.4. The van der Waals surface area contributed by atoms with Gasteiger partial charge in [-0.3, -0.25) is 5.32 Å². The largest absolute Gasteiger partial charge is 0.496 e. The van der Waals surface area contributed by atoms with Gasteiger partial charge in [-0.15, -0.1) is 0 Å². The van der Waals surface area contributed by atoms with E-state index in [2.05, 4.69) is 38.9 Å². The molecule has 188 valence electrons. The maximum Gasteiger partial charge on any atom is 0.324 e. The molecule has 0 spiro atoms. The van der Waals surface area contributed by atoms with Crippen LogP contribution in [-0.4, -0.2) is 87.0 Å². The fourth-order valence-corrected chi connectivity index (χ4v) is 4.34. The molecule has 3 heterocycles. The molecule has 10 nitrogen and oxygen atoms in total. The Morgan fingerprint density at radius 1 is 1.23 bits per heavy atom. The Bertz CT molecular complexity index is 1060. The lowest BCUT2D eigenvalue weighted by atomic mass is 10.0. The van der Waals surface area contributed by atoms with Crippen LogP contribution in [0.1, 0.15) is 12.0 Å². The molecule has 4 rings (SSSR count). The molecule has 2 aliphatic heterocycles. The first kappa shape index (κ1) is 24.9. The van der Waals surface area contributed by atoms with Crippen LogP contribution in [0.2, 0.25) is 0 Å². The number of fused-ring (bicyclic) bond motifs is 1. The van der Waals surface area contributed by atoms with E-state index >= 15 is 0 Å². The Morgan fingerprint density at radius 2 is 2.00 bits per heavy atom. The zero-order valence-corrected chi connectivity index (χ0v) is 20.4. The van der Waals surface area contributed by atoms with Crippen molar-refractivity contribution in [1.29, 1.82) is 0 Å². The normalized spacial score (nSPS) is 16.7. The summed E-state index contributed by atoms with van der Waals surface area (Å²) in [4.78, 5) is 26.7. The Morgan fingerprint density at radius 3 is 2.71 bits per heavy atom. The Balaban J connectivity index is 1.63. The summed E-state index contributed by atoms with van der Waals surface area (Å²) in [6.07, 6.45) is 3.35. The third-order valence-electron chi connectivity index (χ3n) is 6.26. The second-order valence-corrected chi connectivity index (χ2v) is 8.66. The van der Waals surface area contributed by atoms with Crippen molar-refractivity contribution < 1.29 is 14.3 Å². The van der Waals surface area contributed by atoms with Crippen LogP contribution in [0.3, 0.4) is 0 Å². The second kappa shape index (κ2) is 12.0. The number of piperazine rings is 1. The van der Waals surface area contributed by atoms with Gasteiger partial charge in [-0.25, -0.2) is 9.78 Å². The molecule has 0 aliphatic carbocycles. The van der Waals surface area contributed by atoms with E-state index in [1.807, 2.05) is 12.1 Å². The van der Waals surface area contributed by atoms with E-state index in [0.717, 1.165) is 62.3 Å². The van der Waals surface area contributed by atoms with Crippen molar-refractivity contribution in [1.82, 2.24) is 25.5 Å². The number of amides is 2. The van der Waals surface area contributed by atoms with Gasteiger partial charge < -0.3 is 29.9 Å². The van der Waals surface area contributed by atoms with E-state index in [1.165, 1.54) is 6.08 Å². The number of nitrogens with zero attached hydrogens (tertiary/aromatic N) is 4. The highest BCUT2D eigenvalue weighted by atomic mass is 16.5. The van der Waals surface area contributed by atoms with Crippen LogP contribution in [0, 0.1) is 0 Å². The van der Waals surface area contributed by atoms with Crippen molar-refractivity contribution in [2.75, 3.05) is 76.4 Å². The fourth-order valence-electron chi connectivity index (χ4n) is 4.34. The molecule has 2 aliphatic rings. The number of urea groups is 1. The topological polar surface area (TPSA) is 104 Å². The van der Waals surface area contributed by atoms with Gasteiger partial charge in [0, 0.05) is 56.4 Å². The maximum absolute atomic E-state index is 12.6. The molecule has 1 aromatic heterocycles. The summed E-state index contributed by atoms with van der Waals surface area (Å²) in [5, 5.41) is 9.69. The zero-order chi connectivity index (χ0) is 24.6. The Kier molecular flexibility index (Phi) is 8.51. The number of nitrogens with one attached hydrogen (secondary N) is 3. The molecule has 0 radical (unpaired) electrons. The van der Waals surface area contributed by atoms with E-state index in [1.54, 1.807) is 7.11 Å². The van der Waals surface area contributed by atoms with Gasteiger partial charge in [-0.05, 0) is 37.1 Å². The van der Waals surface area contributed by atoms with Crippen LogP contribution in [-0.2, 0) is 11.2 Å². The first-order valence-electron chi connectivity index (χ1n) is 12.1. The number of benzene rings is 1. The summed E-state index contributed by atoms with van der Waals surface area (Å²) in [7, 11) is 1.68. The van der Waals surface area contributed by atoms with E-state index in [9.17, 15) is 4.79 Å². The number of morpholine rings is 1. The van der Waals surface area contributed by atoms with E-state index in [4.69, 9.17) is 19.4 Å². The number of ether oxygens (including phenoxy) is 2. The first-order chi connectivity index (χ1) is 17.1. The number of hydrogen-bond acceptors (Lipinski definition) is 8. The monoisotopic (exact) mass is 481 g/mol.